The standard InChI is InChI=1S/C10H10O5/c1-4-6-5(3-15-10(6)13)8(12)9(14-2)7(4)11/h11-12H,3H2,1-2H3. The second kappa shape index (κ2) is 3.05. The van der Waals surface area contributed by atoms with E-state index < -0.39 is 5.97 Å². The molecule has 5 heteroatoms. The zero-order valence-electron chi connectivity index (χ0n) is 8.33. The van der Waals surface area contributed by atoms with Gasteiger partial charge in [-0.2, -0.15) is 0 Å². The summed E-state index contributed by atoms with van der Waals surface area (Å²) in [7, 11) is 1.33. The summed E-state index contributed by atoms with van der Waals surface area (Å²) >= 11 is 0. The number of hydrogen-bond acceptors (Lipinski definition) is 5. The van der Waals surface area contributed by atoms with Gasteiger partial charge in [0.2, 0.25) is 5.75 Å². The Morgan fingerprint density at radius 1 is 1.33 bits per heavy atom. The van der Waals surface area contributed by atoms with Gasteiger partial charge in [-0.3, -0.25) is 0 Å². The first-order chi connectivity index (χ1) is 7.07. The zero-order chi connectivity index (χ0) is 11.2. The molecule has 5 nitrogen and oxygen atoms in total. The molecular formula is C10H10O5. The van der Waals surface area contributed by atoms with Gasteiger partial charge in [-0.15, -0.1) is 0 Å². The number of phenols is 2. The molecule has 0 aliphatic carbocycles. The molecule has 1 heterocycles. The van der Waals surface area contributed by atoms with Gasteiger partial charge in [-0.05, 0) is 6.92 Å². The van der Waals surface area contributed by atoms with Crippen LogP contribution in [0.2, 0.25) is 0 Å². The zero-order valence-corrected chi connectivity index (χ0v) is 8.33. The summed E-state index contributed by atoms with van der Waals surface area (Å²) in [5.74, 6) is -1.02. The molecule has 15 heavy (non-hydrogen) atoms. The van der Waals surface area contributed by atoms with Crippen molar-refractivity contribution < 1.29 is 24.5 Å². The third-order valence-electron chi connectivity index (χ3n) is 2.50. The van der Waals surface area contributed by atoms with E-state index in [9.17, 15) is 15.0 Å². The van der Waals surface area contributed by atoms with Crippen molar-refractivity contribution >= 4 is 5.97 Å². The van der Waals surface area contributed by atoms with E-state index in [0.29, 0.717) is 11.1 Å². The van der Waals surface area contributed by atoms with Crippen LogP contribution in [0.1, 0.15) is 21.5 Å². The SMILES string of the molecule is COc1c(O)c(C)c2c(c1O)COC2=O. The molecule has 0 spiro atoms. The van der Waals surface area contributed by atoms with Gasteiger partial charge in [0.05, 0.1) is 18.2 Å². The number of rotatable bonds is 1. The second-order valence-corrected chi connectivity index (χ2v) is 3.29. The van der Waals surface area contributed by atoms with E-state index in [2.05, 4.69) is 0 Å². The van der Waals surface area contributed by atoms with Crippen LogP contribution >= 0.6 is 0 Å². The maximum Gasteiger partial charge on any atom is 0.339 e. The number of cyclic esters (lactones) is 1. The van der Waals surface area contributed by atoms with E-state index in [1.54, 1.807) is 6.92 Å². The minimum atomic E-state index is -0.532. The van der Waals surface area contributed by atoms with Gasteiger partial charge in [0.25, 0.3) is 0 Å². The molecule has 1 aromatic rings. The third kappa shape index (κ3) is 1.12. The average molecular weight is 210 g/mol. The largest absolute Gasteiger partial charge is 0.504 e. The summed E-state index contributed by atoms with van der Waals surface area (Å²) < 4.78 is 9.62. The van der Waals surface area contributed by atoms with Crippen molar-refractivity contribution in [2.24, 2.45) is 0 Å². The quantitative estimate of drug-likeness (QED) is 0.678. The van der Waals surface area contributed by atoms with Crippen LogP contribution in [-0.4, -0.2) is 23.3 Å². The lowest BCUT2D eigenvalue weighted by atomic mass is 10.0. The molecule has 0 aromatic heterocycles. The van der Waals surface area contributed by atoms with Gasteiger partial charge in [0.1, 0.15) is 6.61 Å². The number of ether oxygens (including phenoxy) is 2. The fraction of sp³-hybridized carbons (Fsp3) is 0.300. The molecule has 1 aliphatic rings. The normalized spacial score (nSPS) is 13.6. The first kappa shape index (κ1) is 9.64. The van der Waals surface area contributed by atoms with E-state index in [0.717, 1.165) is 0 Å². The van der Waals surface area contributed by atoms with E-state index in [1.165, 1.54) is 7.11 Å². The maximum absolute atomic E-state index is 11.3. The molecule has 1 aromatic carbocycles. The van der Waals surface area contributed by atoms with Crippen LogP contribution in [-0.2, 0) is 11.3 Å². The number of methoxy groups -OCH3 is 1. The smallest absolute Gasteiger partial charge is 0.339 e. The van der Waals surface area contributed by atoms with Gasteiger partial charge in [-0.25, -0.2) is 4.79 Å². The summed E-state index contributed by atoms with van der Waals surface area (Å²) in [4.78, 5) is 11.3. The molecule has 0 saturated carbocycles. The number of fused-ring (bicyclic) bond motifs is 1. The highest BCUT2D eigenvalue weighted by molar-refractivity contribution is 5.97. The minimum Gasteiger partial charge on any atom is -0.504 e. The monoisotopic (exact) mass is 210 g/mol. The fourth-order valence-corrected chi connectivity index (χ4v) is 1.70. The van der Waals surface area contributed by atoms with Crippen LogP contribution in [0.4, 0.5) is 0 Å². The molecule has 2 rings (SSSR count). The van der Waals surface area contributed by atoms with Crippen molar-refractivity contribution in [3.8, 4) is 17.2 Å². The van der Waals surface area contributed by atoms with E-state index in [4.69, 9.17) is 9.47 Å². The van der Waals surface area contributed by atoms with Crippen molar-refractivity contribution in [3.05, 3.63) is 16.7 Å². The molecule has 2 N–H and O–H groups in total. The lowest BCUT2D eigenvalue weighted by Gasteiger charge is -2.11. The number of phenolic OH excluding ortho intramolecular Hbond substituents is 2. The number of benzene rings is 1. The Morgan fingerprint density at radius 2 is 2.00 bits per heavy atom. The molecule has 0 amide bonds. The Balaban J connectivity index is 2.80. The predicted octanol–water partition coefficient (Wildman–Crippen LogP) is 1.09. The van der Waals surface area contributed by atoms with Crippen LogP contribution in [0.15, 0.2) is 0 Å². The molecule has 80 valence electrons. The maximum atomic E-state index is 11.3. The summed E-state index contributed by atoms with van der Waals surface area (Å²) in [6.45, 7) is 1.58. The molecule has 0 unspecified atom stereocenters. The molecule has 0 bridgehead atoms. The number of hydrogen-bond donors (Lipinski definition) is 2. The van der Waals surface area contributed by atoms with Crippen molar-refractivity contribution in [1.82, 2.24) is 0 Å². The number of aromatic hydroxyl groups is 2. The fourth-order valence-electron chi connectivity index (χ4n) is 1.70. The van der Waals surface area contributed by atoms with Gasteiger partial charge in [-0.1, -0.05) is 0 Å². The van der Waals surface area contributed by atoms with Crippen LogP contribution in [0.25, 0.3) is 0 Å². The van der Waals surface area contributed by atoms with Crippen LogP contribution in [0.3, 0.4) is 0 Å². The highest BCUT2D eigenvalue weighted by Gasteiger charge is 2.31. The molecule has 0 radical (unpaired) electrons. The Morgan fingerprint density at radius 3 is 2.60 bits per heavy atom. The minimum absolute atomic E-state index is 0.0114. The van der Waals surface area contributed by atoms with Crippen LogP contribution in [0, 0.1) is 6.92 Å². The van der Waals surface area contributed by atoms with Crippen LogP contribution in [0.5, 0.6) is 17.2 Å². The van der Waals surface area contributed by atoms with Gasteiger partial charge in [0.15, 0.2) is 11.5 Å². The highest BCUT2D eigenvalue weighted by Crippen LogP contribution is 2.45. The molecule has 0 fully saturated rings. The first-order valence-corrected chi connectivity index (χ1v) is 4.36. The lowest BCUT2D eigenvalue weighted by molar-refractivity contribution is 0.0533. The topological polar surface area (TPSA) is 76.0 Å². The third-order valence-corrected chi connectivity index (χ3v) is 2.50. The van der Waals surface area contributed by atoms with Crippen LogP contribution < -0.4 is 4.74 Å². The van der Waals surface area contributed by atoms with E-state index in [-0.39, 0.29) is 29.4 Å². The van der Waals surface area contributed by atoms with Gasteiger partial charge < -0.3 is 19.7 Å². The Labute approximate surface area is 85.9 Å². The van der Waals surface area contributed by atoms with E-state index >= 15 is 0 Å². The first-order valence-electron chi connectivity index (χ1n) is 4.36. The molecule has 1 aliphatic heterocycles. The van der Waals surface area contributed by atoms with Gasteiger partial charge in [0, 0.05) is 5.56 Å². The summed E-state index contributed by atoms with van der Waals surface area (Å²) in [6.07, 6.45) is 0. The average Bonchev–Trinajstić information content (AvgIpc) is 2.58. The van der Waals surface area contributed by atoms with Crippen molar-refractivity contribution in [2.45, 2.75) is 13.5 Å². The Hall–Kier alpha value is -1.91. The number of carbonyl (C=O) groups is 1. The summed E-state index contributed by atoms with van der Waals surface area (Å²) in [5, 5.41) is 19.4. The number of esters is 1. The molecule has 0 atom stereocenters. The Bertz CT molecular complexity index is 450. The lowest BCUT2D eigenvalue weighted by Crippen LogP contribution is -1.99. The highest BCUT2D eigenvalue weighted by atomic mass is 16.5. The Kier molecular flexibility index (Phi) is 1.96. The predicted molar refractivity (Wildman–Crippen MR) is 50.2 cm³/mol. The summed E-state index contributed by atoms with van der Waals surface area (Å²) in [6, 6.07) is 0. The molecular weight excluding hydrogens is 200 g/mol. The van der Waals surface area contributed by atoms with Crippen molar-refractivity contribution in [3.63, 3.8) is 0 Å². The van der Waals surface area contributed by atoms with E-state index in [1.807, 2.05) is 0 Å². The van der Waals surface area contributed by atoms with Crippen molar-refractivity contribution in [1.29, 1.82) is 0 Å². The summed E-state index contributed by atoms with van der Waals surface area (Å²) in [5.41, 5.74) is 0.958. The van der Waals surface area contributed by atoms with Gasteiger partial charge >= 0.3 is 5.97 Å². The number of carbonyl (C=O) groups excluding carboxylic acids is 1. The van der Waals surface area contributed by atoms with Crippen molar-refractivity contribution in [2.75, 3.05) is 7.11 Å². The molecule has 0 saturated heterocycles. The second-order valence-electron chi connectivity index (χ2n) is 3.29.